The van der Waals surface area contributed by atoms with Crippen LogP contribution in [0, 0.1) is 12.8 Å². The Morgan fingerprint density at radius 1 is 1.17 bits per heavy atom. The van der Waals surface area contributed by atoms with Crippen LogP contribution in [0.25, 0.3) is 11.5 Å². The van der Waals surface area contributed by atoms with Crippen LogP contribution in [0.15, 0.2) is 54.4 Å². The predicted molar refractivity (Wildman–Crippen MR) is 127 cm³/mol. The summed E-state index contributed by atoms with van der Waals surface area (Å²) in [5, 5.41) is 3.03. The summed E-state index contributed by atoms with van der Waals surface area (Å²) in [6, 6.07) is 6.26. The molecule has 0 aliphatic carbocycles. The molecule has 0 fully saturated rings. The molecule has 0 amide bonds. The van der Waals surface area contributed by atoms with Crippen LogP contribution in [0.1, 0.15) is 47.1 Å². The third-order valence-corrected chi connectivity index (χ3v) is 3.52. The molecule has 2 heterocycles. The zero-order chi connectivity index (χ0) is 22.7. The number of nitrogen functional groups attached to an aromatic ring is 1. The second-order valence-electron chi connectivity index (χ2n) is 5.80. The molecule has 2 aromatic heterocycles. The second-order valence-corrected chi connectivity index (χ2v) is 5.80. The normalized spacial score (nSPS) is 10.2. The average Bonchev–Trinajstić information content (AvgIpc) is 2.78. The molecule has 0 atom stereocenters. The lowest BCUT2D eigenvalue weighted by Gasteiger charge is -2.07. The summed E-state index contributed by atoms with van der Waals surface area (Å²) in [6.07, 6.45) is 18.4. The molecule has 0 saturated carbocycles. The van der Waals surface area contributed by atoms with Gasteiger partial charge in [-0.3, -0.25) is 4.98 Å². The maximum Gasteiger partial charge on any atom is 0.180 e. The topological polar surface area (TPSA) is 76.7 Å². The van der Waals surface area contributed by atoms with Gasteiger partial charge < -0.3 is 11.1 Å². The summed E-state index contributed by atoms with van der Waals surface area (Å²) >= 11 is 0. The molecule has 0 unspecified atom stereocenters. The molecule has 2 rings (SSSR count). The minimum Gasteiger partial charge on any atom is -0.383 e. The van der Waals surface area contributed by atoms with E-state index in [-0.39, 0.29) is 0 Å². The molecule has 0 spiro atoms. The number of anilines is 1. The zero-order valence-electron chi connectivity index (χ0n) is 19.0. The molecule has 0 bridgehead atoms. The van der Waals surface area contributed by atoms with Crippen molar-refractivity contribution >= 4 is 5.82 Å². The van der Waals surface area contributed by atoms with Gasteiger partial charge in [-0.1, -0.05) is 52.0 Å². The fourth-order valence-electron chi connectivity index (χ4n) is 1.87. The smallest absolute Gasteiger partial charge is 0.180 e. The van der Waals surface area contributed by atoms with Crippen LogP contribution in [0.2, 0.25) is 0 Å². The van der Waals surface area contributed by atoms with E-state index in [1.807, 2.05) is 59.0 Å². The van der Waals surface area contributed by atoms with Crippen LogP contribution < -0.4 is 11.1 Å². The van der Waals surface area contributed by atoms with Crippen LogP contribution in [0.3, 0.4) is 0 Å². The lowest BCUT2D eigenvalue weighted by atomic mass is 10.1. The third-order valence-electron chi connectivity index (χ3n) is 3.52. The standard InChI is InChI=1S/C16H18N4.C4H11N.C2H6.C2H2/c1-3-7-12(4-2)10-13-11-19-16(20-15(13)17)14-8-5-6-9-18-14;1-4(2)5-3;2*1-2/h3-9,11H,10H2,1-2H3,(H2,17,19,20);4-5H,1-3H3;1-2H3;1-2H/b7-3-,12-4+;;;. The number of nitrogens with zero attached hydrogens (tertiary/aromatic N) is 3. The van der Waals surface area contributed by atoms with E-state index in [4.69, 9.17) is 5.73 Å². The molecule has 2 aromatic rings. The van der Waals surface area contributed by atoms with Gasteiger partial charge in [0.25, 0.3) is 0 Å². The molecule has 5 nitrogen and oxygen atoms in total. The molecule has 3 N–H and O–H groups in total. The number of aromatic nitrogens is 3. The molecule has 0 saturated heterocycles. The number of nitrogens with two attached hydrogens (primary N) is 1. The Morgan fingerprint density at radius 3 is 2.21 bits per heavy atom. The van der Waals surface area contributed by atoms with Gasteiger partial charge in [-0.25, -0.2) is 9.97 Å². The number of allylic oxidation sites excluding steroid dienone is 4. The van der Waals surface area contributed by atoms with E-state index in [1.165, 1.54) is 5.57 Å². The number of nitrogens with one attached hydrogen (secondary N) is 1. The Labute approximate surface area is 177 Å². The maximum atomic E-state index is 6.03. The van der Waals surface area contributed by atoms with Crippen LogP contribution >= 0.6 is 0 Å². The predicted octanol–water partition coefficient (Wildman–Crippen LogP) is 5.08. The molecule has 0 aliphatic rings. The Balaban J connectivity index is 0. The van der Waals surface area contributed by atoms with E-state index >= 15 is 0 Å². The summed E-state index contributed by atoms with van der Waals surface area (Å²) in [4.78, 5) is 12.9. The maximum absolute atomic E-state index is 6.03. The quantitative estimate of drug-likeness (QED) is 0.545. The molecule has 29 heavy (non-hydrogen) atoms. The van der Waals surface area contributed by atoms with E-state index in [0.717, 1.165) is 17.7 Å². The molecular weight excluding hydrogens is 358 g/mol. The van der Waals surface area contributed by atoms with E-state index in [9.17, 15) is 0 Å². The van der Waals surface area contributed by atoms with Gasteiger partial charge in [0.15, 0.2) is 5.82 Å². The lowest BCUT2D eigenvalue weighted by molar-refractivity contribution is 0.668. The highest BCUT2D eigenvalue weighted by atomic mass is 15.0. The zero-order valence-corrected chi connectivity index (χ0v) is 19.0. The van der Waals surface area contributed by atoms with Crippen LogP contribution in [0.5, 0.6) is 0 Å². The first kappa shape index (κ1) is 28.2. The summed E-state index contributed by atoms with van der Waals surface area (Å²) in [5.74, 6) is 1.06. The number of terminal acetylenes is 1. The number of hydrogen-bond donors (Lipinski definition) is 2. The van der Waals surface area contributed by atoms with Crippen molar-refractivity contribution in [1.82, 2.24) is 20.3 Å². The lowest BCUT2D eigenvalue weighted by Crippen LogP contribution is -2.15. The van der Waals surface area contributed by atoms with Gasteiger partial charge in [0.2, 0.25) is 0 Å². The van der Waals surface area contributed by atoms with Crippen LogP contribution in [-0.2, 0) is 6.42 Å². The van der Waals surface area contributed by atoms with Crippen molar-refractivity contribution in [1.29, 1.82) is 0 Å². The van der Waals surface area contributed by atoms with Crippen molar-refractivity contribution in [2.24, 2.45) is 0 Å². The van der Waals surface area contributed by atoms with Gasteiger partial charge >= 0.3 is 0 Å². The molecule has 0 radical (unpaired) electrons. The van der Waals surface area contributed by atoms with Gasteiger partial charge in [-0.05, 0) is 38.6 Å². The second kappa shape index (κ2) is 18.4. The Kier molecular flexibility index (Phi) is 17.9. The third kappa shape index (κ3) is 12.2. The fourth-order valence-corrected chi connectivity index (χ4v) is 1.87. The van der Waals surface area contributed by atoms with Crippen molar-refractivity contribution < 1.29 is 0 Å². The Hall–Kier alpha value is -2.97. The molecule has 0 aromatic carbocycles. The van der Waals surface area contributed by atoms with Gasteiger partial charge in [0, 0.05) is 30.4 Å². The fraction of sp³-hybridized carbons (Fsp3) is 0.375. The van der Waals surface area contributed by atoms with Crippen molar-refractivity contribution in [3.05, 3.63) is 60.0 Å². The van der Waals surface area contributed by atoms with Gasteiger partial charge in [0.05, 0.1) is 0 Å². The molecular formula is C24H37N5. The van der Waals surface area contributed by atoms with Gasteiger partial charge in [-0.2, -0.15) is 0 Å². The monoisotopic (exact) mass is 395 g/mol. The first-order chi connectivity index (χ1) is 14.0. The number of hydrogen-bond acceptors (Lipinski definition) is 5. The largest absolute Gasteiger partial charge is 0.383 e. The van der Waals surface area contributed by atoms with E-state index in [2.05, 4.69) is 59.1 Å². The highest BCUT2D eigenvalue weighted by Crippen LogP contribution is 2.18. The van der Waals surface area contributed by atoms with Crippen LogP contribution in [0.4, 0.5) is 5.82 Å². The first-order valence-corrected chi connectivity index (χ1v) is 9.83. The van der Waals surface area contributed by atoms with Gasteiger partial charge in [-0.15, -0.1) is 12.8 Å². The summed E-state index contributed by atoms with van der Waals surface area (Å²) < 4.78 is 0. The highest BCUT2D eigenvalue weighted by molar-refractivity contribution is 5.53. The molecule has 0 aliphatic heterocycles. The number of rotatable bonds is 5. The summed E-state index contributed by atoms with van der Waals surface area (Å²) in [6.45, 7) is 12.2. The molecule has 5 heteroatoms. The summed E-state index contributed by atoms with van der Waals surface area (Å²) in [7, 11) is 1.95. The molecule has 158 valence electrons. The van der Waals surface area contributed by atoms with E-state index in [1.54, 1.807) is 12.4 Å². The minimum absolute atomic E-state index is 0.504. The van der Waals surface area contributed by atoms with Gasteiger partial charge in [0.1, 0.15) is 11.5 Å². The number of pyridine rings is 1. The van der Waals surface area contributed by atoms with Crippen LogP contribution in [-0.4, -0.2) is 28.0 Å². The van der Waals surface area contributed by atoms with Crippen molar-refractivity contribution in [3.63, 3.8) is 0 Å². The highest BCUT2D eigenvalue weighted by Gasteiger charge is 2.07. The summed E-state index contributed by atoms with van der Waals surface area (Å²) in [5.41, 5.74) is 8.87. The Bertz CT molecular complexity index is 731. The van der Waals surface area contributed by atoms with E-state index < -0.39 is 0 Å². The minimum atomic E-state index is 0.504. The van der Waals surface area contributed by atoms with Crippen molar-refractivity contribution in [2.75, 3.05) is 12.8 Å². The van der Waals surface area contributed by atoms with Crippen molar-refractivity contribution in [2.45, 2.75) is 54.0 Å². The first-order valence-electron chi connectivity index (χ1n) is 9.83. The van der Waals surface area contributed by atoms with Crippen molar-refractivity contribution in [3.8, 4) is 24.4 Å². The SMILES string of the molecule is C#C.C/C=C\C(=C/C)Cc1cnc(-c2ccccn2)nc1N.CC.CNC(C)C. The Morgan fingerprint density at radius 2 is 1.79 bits per heavy atom. The average molecular weight is 396 g/mol. The van der Waals surface area contributed by atoms with E-state index in [0.29, 0.717) is 17.7 Å².